The van der Waals surface area contributed by atoms with E-state index in [1.54, 1.807) is 0 Å². The van der Waals surface area contributed by atoms with Crippen LogP contribution in [0.2, 0.25) is 0 Å². The Kier molecular flexibility index (Phi) is 5.38. The first-order valence-corrected chi connectivity index (χ1v) is 5.33. The van der Waals surface area contributed by atoms with Gasteiger partial charge in [0.15, 0.2) is 0 Å². The van der Waals surface area contributed by atoms with Gasteiger partial charge in [-0.15, -0.1) is 11.6 Å². The Hall–Kier alpha value is -0.240. The summed E-state index contributed by atoms with van der Waals surface area (Å²) in [5.41, 5.74) is -0.0713. The van der Waals surface area contributed by atoms with Crippen molar-refractivity contribution in [2.45, 2.75) is 46.1 Å². The van der Waals surface area contributed by atoms with Crippen LogP contribution in [0.25, 0.3) is 0 Å². The Balaban J connectivity index is 4.16. The molecule has 0 bridgehead atoms. The molecule has 0 atom stereocenters. The first-order valence-electron chi connectivity index (χ1n) is 4.80. The molecule has 0 saturated carbocycles. The molecule has 0 aliphatic heterocycles. The fraction of sp³-hybridized carbons (Fsp3) is 0.900. The number of alkyl halides is 1. The van der Waals surface area contributed by atoms with Gasteiger partial charge in [-0.3, -0.25) is 4.79 Å². The molecule has 0 aliphatic carbocycles. The van der Waals surface area contributed by atoms with E-state index in [-0.39, 0.29) is 11.4 Å². The van der Waals surface area contributed by atoms with Crippen molar-refractivity contribution >= 4 is 17.5 Å². The number of hydrogen-bond donors (Lipinski definition) is 0. The van der Waals surface area contributed by atoms with Crippen LogP contribution in [-0.2, 0) is 4.79 Å². The minimum absolute atomic E-state index is 0.0713. The van der Waals surface area contributed by atoms with Gasteiger partial charge in [0.1, 0.15) is 0 Å². The maximum atomic E-state index is 11.6. The van der Waals surface area contributed by atoms with Crippen molar-refractivity contribution in [1.82, 2.24) is 4.90 Å². The molecule has 0 N–H and O–H groups in total. The highest BCUT2D eigenvalue weighted by Gasteiger charge is 2.23. The minimum Gasteiger partial charge on any atom is -0.338 e. The first-order chi connectivity index (χ1) is 5.93. The number of carbonyl (C=O) groups excluding carboxylic acids is 1. The maximum Gasteiger partial charge on any atom is 0.223 e. The van der Waals surface area contributed by atoms with Crippen LogP contribution in [0.3, 0.4) is 0 Å². The van der Waals surface area contributed by atoms with E-state index in [1.807, 2.05) is 11.8 Å². The molecule has 0 aromatic rings. The van der Waals surface area contributed by atoms with Crippen LogP contribution in [0.4, 0.5) is 0 Å². The lowest BCUT2D eigenvalue weighted by Gasteiger charge is -2.34. The molecule has 0 spiro atoms. The summed E-state index contributed by atoms with van der Waals surface area (Å²) in [6.45, 7) is 8.92. The SMILES string of the molecule is CCN(C(=O)CCCCl)C(C)(C)C. The Labute approximate surface area is 86.2 Å². The molecule has 78 valence electrons. The fourth-order valence-corrected chi connectivity index (χ4v) is 1.51. The monoisotopic (exact) mass is 205 g/mol. The molecule has 0 heterocycles. The Morgan fingerprint density at radius 3 is 2.23 bits per heavy atom. The van der Waals surface area contributed by atoms with Crippen LogP contribution < -0.4 is 0 Å². The molecular weight excluding hydrogens is 186 g/mol. The van der Waals surface area contributed by atoms with Crippen LogP contribution in [0, 0.1) is 0 Å². The average Bonchev–Trinajstić information content (AvgIpc) is 1.99. The third-order valence-corrected chi connectivity index (χ3v) is 2.22. The van der Waals surface area contributed by atoms with Gasteiger partial charge in [-0.1, -0.05) is 0 Å². The summed E-state index contributed by atoms with van der Waals surface area (Å²) in [5.74, 6) is 0.767. The first kappa shape index (κ1) is 12.8. The molecule has 13 heavy (non-hydrogen) atoms. The van der Waals surface area contributed by atoms with E-state index in [4.69, 9.17) is 11.6 Å². The second-order valence-corrected chi connectivity index (χ2v) is 4.48. The molecule has 1 amide bonds. The number of hydrogen-bond acceptors (Lipinski definition) is 1. The molecule has 0 saturated heterocycles. The van der Waals surface area contributed by atoms with Crippen LogP contribution >= 0.6 is 11.6 Å². The fourth-order valence-electron chi connectivity index (χ4n) is 1.38. The van der Waals surface area contributed by atoms with Gasteiger partial charge in [0.05, 0.1) is 0 Å². The second-order valence-electron chi connectivity index (χ2n) is 4.10. The van der Waals surface area contributed by atoms with Gasteiger partial charge in [-0.05, 0) is 34.1 Å². The molecule has 0 radical (unpaired) electrons. The maximum absolute atomic E-state index is 11.6. The summed E-state index contributed by atoms with van der Waals surface area (Å²) in [4.78, 5) is 13.5. The lowest BCUT2D eigenvalue weighted by Crippen LogP contribution is -2.45. The van der Waals surface area contributed by atoms with Gasteiger partial charge in [-0.2, -0.15) is 0 Å². The molecule has 3 heteroatoms. The van der Waals surface area contributed by atoms with Crippen molar-refractivity contribution in [2.75, 3.05) is 12.4 Å². The molecule has 2 nitrogen and oxygen atoms in total. The number of rotatable bonds is 4. The number of nitrogens with zero attached hydrogens (tertiary/aromatic N) is 1. The minimum atomic E-state index is -0.0713. The lowest BCUT2D eigenvalue weighted by atomic mass is 10.1. The van der Waals surface area contributed by atoms with Crippen molar-refractivity contribution in [2.24, 2.45) is 0 Å². The van der Waals surface area contributed by atoms with Gasteiger partial charge in [0.25, 0.3) is 0 Å². The van der Waals surface area contributed by atoms with E-state index in [0.717, 1.165) is 13.0 Å². The zero-order valence-corrected chi connectivity index (χ0v) is 9.82. The van der Waals surface area contributed by atoms with E-state index < -0.39 is 0 Å². The third kappa shape index (κ3) is 4.51. The van der Waals surface area contributed by atoms with Crippen molar-refractivity contribution in [3.63, 3.8) is 0 Å². The molecular formula is C10H20ClNO. The lowest BCUT2D eigenvalue weighted by molar-refractivity contribution is -0.135. The Morgan fingerprint density at radius 2 is 1.92 bits per heavy atom. The topological polar surface area (TPSA) is 20.3 Å². The van der Waals surface area contributed by atoms with E-state index >= 15 is 0 Å². The van der Waals surface area contributed by atoms with E-state index in [2.05, 4.69) is 20.8 Å². The van der Waals surface area contributed by atoms with Crippen molar-refractivity contribution in [3.8, 4) is 0 Å². The van der Waals surface area contributed by atoms with Gasteiger partial charge < -0.3 is 4.90 Å². The summed E-state index contributed by atoms with van der Waals surface area (Å²) >= 11 is 5.54. The molecule has 0 rings (SSSR count). The molecule has 0 unspecified atom stereocenters. The Bertz CT molecular complexity index is 163. The summed E-state index contributed by atoms with van der Waals surface area (Å²) in [7, 11) is 0. The zero-order valence-electron chi connectivity index (χ0n) is 9.06. The number of halogens is 1. The summed E-state index contributed by atoms with van der Waals surface area (Å²) in [5, 5.41) is 0. The Morgan fingerprint density at radius 1 is 1.38 bits per heavy atom. The predicted molar refractivity (Wildman–Crippen MR) is 57.1 cm³/mol. The molecule has 0 aromatic carbocycles. The molecule has 0 fully saturated rings. The van der Waals surface area contributed by atoms with Gasteiger partial charge >= 0.3 is 0 Å². The van der Waals surface area contributed by atoms with Crippen molar-refractivity contribution in [3.05, 3.63) is 0 Å². The van der Waals surface area contributed by atoms with Crippen LogP contribution in [-0.4, -0.2) is 28.8 Å². The quantitative estimate of drug-likeness (QED) is 0.647. The predicted octanol–water partition coefficient (Wildman–Crippen LogP) is 2.65. The van der Waals surface area contributed by atoms with E-state index in [9.17, 15) is 4.79 Å². The summed E-state index contributed by atoms with van der Waals surface area (Å²) < 4.78 is 0. The highest BCUT2D eigenvalue weighted by molar-refractivity contribution is 6.17. The van der Waals surface area contributed by atoms with E-state index in [1.165, 1.54) is 0 Å². The number of carbonyl (C=O) groups is 1. The van der Waals surface area contributed by atoms with Crippen LogP contribution in [0.15, 0.2) is 0 Å². The molecule has 0 aromatic heterocycles. The summed E-state index contributed by atoms with van der Waals surface area (Å²) in [6.07, 6.45) is 1.33. The smallest absolute Gasteiger partial charge is 0.223 e. The zero-order chi connectivity index (χ0) is 10.5. The van der Waals surface area contributed by atoms with E-state index in [0.29, 0.717) is 12.3 Å². The van der Waals surface area contributed by atoms with Crippen LogP contribution in [0.1, 0.15) is 40.5 Å². The average molecular weight is 206 g/mol. The van der Waals surface area contributed by atoms with Crippen molar-refractivity contribution < 1.29 is 4.79 Å². The second kappa shape index (κ2) is 5.48. The van der Waals surface area contributed by atoms with Gasteiger partial charge in [0, 0.05) is 24.4 Å². The normalized spacial score (nSPS) is 11.5. The summed E-state index contributed by atoms with van der Waals surface area (Å²) in [6, 6.07) is 0. The third-order valence-electron chi connectivity index (χ3n) is 1.95. The number of amides is 1. The van der Waals surface area contributed by atoms with Gasteiger partial charge in [-0.25, -0.2) is 0 Å². The van der Waals surface area contributed by atoms with Crippen molar-refractivity contribution in [1.29, 1.82) is 0 Å². The highest BCUT2D eigenvalue weighted by atomic mass is 35.5. The van der Waals surface area contributed by atoms with Gasteiger partial charge in [0.2, 0.25) is 5.91 Å². The largest absolute Gasteiger partial charge is 0.338 e. The van der Waals surface area contributed by atoms with Crippen LogP contribution in [0.5, 0.6) is 0 Å². The standard InChI is InChI=1S/C10H20ClNO/c1-5-12(10(2,3)4)9(13)7-6-8-11/h5-8H2,1-4H3. The highest BCUT2D eigenvalue weighted by Crippen LogP contribution is 2.14. The molecule has 0 aliphatic rings.